The highest BCUT2D eigenvalue weighted by atomic mass is 79.9. The van der Waals surface area contributed by atoms with Crippen molar-refractivity contribution in [2.24, 2.45) is 0 Å². The summed E-state index contributed by atoms with van der Waals surface area (Å²) in [6.07, 6.45) is 0. The van der Waals surface area contributed by atoms with Crippen LogP contribution in [0, 0.1) is 6.92 Å². The molecule has 7 heteroatoms. The number of nitrogens with two attached hydrogens (primary N) is 1. The molecule has 0 atom stereocenters. The number of nitrogen functional groups attached to an aromatic ring is 1. The highest BCUT2D eigenvalue weighted by Crippen LogP contribution is 2.29. The monoisotopic (exact) mass is 352 g/mol. The molecule has 0 aliphatic heterocycles. The summed E-state index contributed by atoms with van der Waals surface area (Å²) in [5, 5.41) is 7.05. The second-order valence-corrected chi connectivity index (χ2v) is 5.38. The lowest BCUT2D eigenvalue weighted by molar-refractivity contribution is 0.101. The molecule has 0 bridgehead atoms. The molecule has 1 amide bonds. The first-order valence-electron chi connectivity index (χ1n) is 6.45. The highest BCUT2D eigenvalue weighted by Gasteiger charge is 2.20. The number of hydrogen-bond donors (Lipinski definition) is 2. The van der Waals surface area contributed by atoms with E-state index in [0.717, 1.165) is 4.47 Å². The molecule has 6 nitrogen and oxygen atoms in total. The van der Waals surface area contributed by atoms with E-state index in [4.69, 9.17) is 10.5 Å². The lowest BCUT2D eigenvalue weighted by Crippen LogP contribution is -2.19. The van der Waals surface area contributed by atoms with Gasteiger partial charge in [-0.1, -0.05) is 15.9 Å². The van der Waals surface area contributed by atoms with Gasteiger partial charge in [-0.3, -0.25) is 9.48 Å². The van der Waals surface area contributed by atoms with Crippen molar-refractivity contribution in [2.75, 3.05) is 18.2 Å². The predicted octanol–water partition coefficient (Wildman–Crippen LogP) is 2.82. The zero-order valence-corrected chi connectivity index (χ0v) is 13.7. The molecule has 0 aliphatic rings. The Labute approximate surface area is 131 Å². The zero-order chi connectivity index (χ0) is 15.6. The number of anilines is 2. The number of carbonyl (C=O) groups excluding carboxylic acids is 1. The molecule has 0 aliphatic carbocycles. The van der Waals surface area contributed by atoms with Gasteiger partial charge in [0.05, 0.1) is 24.2 Å². The molecule has 21 heavy (non-hydrogen) atoms. The van der Waals surface area contributed by atoms with E-state index in [1.807, 2.05) is 13.0 Å². The normalized spacial score (nSPS) is 10.5. The summed E-state index contributed by atoms with van der Waals surface area (Å²) in [6.45, 7) is 4.25. The van der Waals surface area contributed by atoms with Crippen LogP contribution in [0.25, 0.3) is 0 Å². The van der Waals surface area contributed by atoms with E-state index in [1.165, 1.54) is 0 Å². The Balaban J connectivity index is 2.37. The molecule has 1 aromatic heterocycles. The van der Waals surface area contributed by atoms with Gasteiger partial charge in [0.1, 0.15) is 11.4 Å². The van der Waals surface area contributed by atoms with E-state index in [-0.39, 0.29) is 5.91 Å². The maximum Gasteiger partial charge on any atom is 0.276 e. The minimum absolute atomic E-state index is 0.314. The van der Waals surface area contributed by atoms with Gasteiger partial charge in [-0.15, -0.1) is 0 Å². The molecular formula is C14H17BrN4O2. The smallest absolute Gasteiger partial charge is 0.276 e. The number of ether oxygens (including phenoxy) is 1. The van der Waals surface area contributed by atoms with Gasteiger partial charge in [0, 0.05) is 11.0 Å². The molecule has 0 radical (unpaired) electrons. The van der Waals surface area contributed by atoms with E-state index in [0.29, 0.717) is 35.1 Å². The first-order chi connectivity index (χ1) is 9.97. The summed E-state index contributed by atoms with van der Waals surface area (Å²) in [6, 6.07) is 5.38. The number of rotatable bonds is 4. The van der Waals surface area contributed by atoms with Crippen LogP contribution in [-0.2, 0) is 6.54 Å². The standard InChI is InChI=1S/C14H17BrN4O2/c1-4-19-13(12(16)8(2)18-19)14(20)17-10-7-9(15)5-6-11(10)21-3/h5-7H,4,16H2,1-3H3,(H,17,20). The van der Waals surface area contributed by atoms with Crippen molar-refractivity contribution in [3.8, 4) is 5.75 Å². The fourth-order valence-electron chi connectivity index (χ4n) is 2.02. The Morgan fingerprint density at radius 2 is 2.24 bits per heavy atom. The predicted molar refractivity (Wildman–Crippen MR) is 85.7 cm³/mol. The van der Waals surface area contributed by atoms with Crippen molar-refractivity contribution in [1.29, 1.82) is 0 Å². The van der Waals surface area contributed by atoms with Gasteiger partial charge in [0.2, 0.25) is 0 Å². The van der Waals surface area contributed by atoms with Crippen LogP contribution in [0.4, 0.5) is 11.4 Å². The third-order valence-corrected chi connectivity index (χ3v) is 3.59. The van der Waals surface area contributed by atoms with E-state index < -0.39 is 0 Å². The fourth-order valence-corrected chi connectivity index (χ4v) is 2.38. The van der Waals surface area contributed by atoms with Crippen LogP contribution in [0.5, 0.6) is 5.75 Å². The molecule has 0 spiro atoms. The third kappa shape index (κ3) is 3.02. The Hall–Kier alpha value is -2.02. The van der Waals surface area contributed by atoms with Gasteiger partial charge in [-0.2, -0.15) is 5.10 Å². The first kappa shape index (κ1) is 15.4. The number of methoxy groups -OCH3 is 1. The Morgan fingerprint density at radius 1 is 1.52 bits per heavy atom. The molecule has 0 unspecified atom stereocenters. The topological polar surface area (TPSA) is 82.2 Å². The summed E-state index contributed by atoms with van der Waals surface area (Å²) in [4.78, 5) is 12.5. The Bertz CT molecular complexity index is 682. The van der Waals surface area contributed by atoms with Crippen molar-refractivity contribution < 1.29 is 9.53 Å². The molecule has 0 fully saturated rings. The summed E-state index contributed by atoms with van der Waals surface area (Å²) >= 11 is 3.37. The quantitative estimate of drug-likeness (QED) is 0.886. The molecule has 0 saturated carbocycles. The van der Waals surface area contributed by atoms with Crippen molar-refractivity contribution in [1.82, 2.24) is 9.78 Å². The van der Waals surface area contributed by atoms with Crippen molar-refractivity contribution >= 4 is 33.2 Å². The zero-order valence-electron chi connectivity index (χ0n) is 12.1. The fraction of sp³-hybridized carbons (Fsp3) is 0.286. The van der Waals surface area contributed by atoms with E-state index in [1.54, 1.807) is 30.8 Å². The van der Waals surface area contributed by atoms with E-state index >= 15 is 0 Å². The average molecular weight is 353 g/mol. The number of amides is 1. The van der Waals surface area contributed by atoms with Crippen LogP contribution in [-0.4, -0.2) is 22.8 Å². The van der Waals surface area contributed by atoms with Gasteiger partial charge < -0.3 is 15.8 Å². The molecule has 0 saturated heterocycles. The van der Waals surface area contributed by atoms with Gasteiger partial charge in [0.25, 0.3) is 5.91 Å². The number of nitrogens with zero attached hydrogens (tertiary/aromatic N) is 2. The SMILES string of the molecule is CCn1nc(C)c(N)c1C(=O)Nc1cc(Br)ccc1OC. The number of halogens is 1. The molecule has 112 valence electrons. The maximum atomic E-state index is 12.5. The second-order valence-electron chi connectivity index (χ2n) is 4.46. The van der Waals surface area contributed by atoms with Gasteiger partial charge in [-0.05, 0) is 32.0 Å². The van der Waals surface area contributed by atoms with E-state index in [9.17, 15) is 4.79 Å². The highest BCUT2D eigenvalue weighted by molar-refractivity contribution is 9.10. The average Bonchev–Trinajstić information content (AvgIpc) is 2.74. The number of nitrogens with one attached hydrogen (secondary N) is 1. The minimum atomic E-state index is -0.314. The van der Waals surface area contributed by atoms with Crippen molar-refractivity contribution in [2.45, 2.75) is 20.4 Å². The van der Waals surface area contributed by atoms with Gasteiger partial charge >= 0.3 is 0 Å². The summed E-state index contributed by atoms with van der Waals surface area (Å²) in [5.74, 6) is 0.260. The van der Waals surface area contributed by atoms with Crippen molar-refractivity contribution in [3.05, 3.63) is 34.1 Å². The van der Waals surface area contributed by atoms with Crippen molar-refractivity contribution in [3.63, 3.8) is 0 Å². The third-order valence-electron chi connectivity index (χ3n) is 3.10. The van der Waals surface area contributed by atoms with Crippen LogP contribution < -0.4 is 15.8 Å². The van der Waals surface area contributed by atoms with Crippen LogP contribution in [0.15, 0.2) is 22.7 Å². The largest absolute Gasteiger partial charge is 0.495 e. The number of carbonyl (C=O) groups is 1. The molecule has 2 aromatic rings. The lowest BCUT2D eigenvalue weighted by Gasteiger charge is -2.11. The number of aryl methyl sites for hydroxylation is 2. The first-order valence-corrected chi connectivity index (χ1v) is 7.25. The number of hydrogen-bond acceptors (Lipinski definition) is 4. The summed E-state index contributed by atoms with van der Waals surface area (Å²) in [7, 11) is 1.55. The van der Waals surface area contributed by atoms with Crippen LogP contribution in [0.3, 0.4) is 0 Å². The van der Waals surface area contributed by atoms with Crippen LogP contribution in [0.1, 0.15) is 23.1 Å². The Kier molecular flexibility index (Phi) is 4.52. The van der Waals surface area contributed by atoms with Gasteiger partial charge in [-0.25, -0.2) is 0 Å². The summed E-state index contributed by atoms with van der Waals surface area (Å²) in [5.41, 5.74) is 7.91. The number of aromatic nitrogens is 2. The molecule has 1 aromatic carbocycles. The second kappa shape index (κ2) is 6.17. The molecule has 3 N–H and O–H groups in total. The Morgan fingerprint density at radius 3 is 2.86 bits per heavy atom. The molecule has 2 rings (SSSR count). The van der Waals surface area contributed by atoms with Crippen LogP contribution in [0.2, 0.25) is 0 Å². The minimum Gasteiger partial charge on any atom is -0.495 e. The maximum absolute atomic E-state index is 12.5. The summed E-state index contributed by atoms with van der Waals surface area (Å²) < 4.78 is 7.67. The number of benzene rings is 1. The van der Waals surface area contributed by atoms with Crippen LogP contribution >= 0.6 is 15.9 Å². The van der Waals surface area contributed by atoms with E-state index in [2.05, 4.69) is 26.3 Å². The molecular weight excluding hydrogens is 336 g/mol. The molecule has 1 heterocycles. The lowest BCUT2D eigenvalue weighted by atomic mass is 10.2. The van der Waals surface area contributed by atoms with Gasteiger partial charge in [0.15, 0.2) is 0 Å².